The zero-order valence-corrected chi connectivity index (χ0v) is 12.6. The molecule has 0 aliphatic rings. The first kappa shape index (κ1) is 15.9. The van der Waals surface area contributed by atoms with E-state index in [4.69, 9.17) is 10.00 Å². The third kappa shape index (κ3) is 5.15. The van der Waals surface area contributed by atoms with E-state index in [1.54, 1.807) is 0 Å². The van der Waals surface area contributed by atoms with Crippen LogP contribution in [0.25, 0.3) is 0 Å². The predicted octanol–water partition coefficient (Wildman–Crippen LogP) is 4.83. The number of hydrogen-bond acceptors (Lipinski definition) is 2. The second-order valence-corrected chi connectivity index (χ2v) is 5.85. The molecule has 0 amide bonds. The van der Waals surface area contributed by atoms with Crippen LogP contribution < -0.4 is 4.74 Å². The Morgan fingerprint density at radius 3 is 2.58 bits per heavy atom. The molecule has 2 nitrogen and oxygen atoms in total. The molecule has 0 aliphatic heterocycles. The summed E-state index contributed by atoms with van der Waals surface area (Å²) in [6, 6.07) is 4.18. The fourth-order valence-corrected chi connectivity index (χ4v) is 2.09. The maximum absolute atomic E-state index is 13.4. The van der Waals surface area contributed by atoms with Gasteiger partial charge in [0.05, 0.1) is 22.6 Å². The Morgan fingerprint density at radius 1 is 1.32 bits per heavy atom. The lowest BCUT2D eigenvalue weighted by Crippen LogP contribution is -2.08. The largest absolute Gasteiger partial charge is 0.489 e. The van der Waals surface area contributed by atoms with E-state index in [1.807, 2.05) is 13.8 Å². The van der Waals surface area contributed by atoms with Gasteiger partial charge in [-0.25, -0.2) is 8.78 Å². The Bertz CT molecular complexity index is 460. The molecular formula is C14H16BrF2NO. The number of nitriles is 1. The molecule has 5 heteroatoms. The van der Waals surface area contributed by atoms with E-state index < -0.39 is 11.6 Å². The van der Waals surface area contributed by atoms with Crippen molar-refractivity contribution in [2.75, 3.05) is 6.61 Å². The minimum Gasteiger partial charge on any atom is -0.489 e. The van der Waals surface area contributed by atoms with Crippen molar-refractivity contribution in [3.8, 4) is 11.8 Å². The molecule has 0 heterocycles. The molecule has 1 aromatic rings. The third-order valence-electron chi connectivity index (χ3n) is 2.71. The Hall–Kier alpha value is -1.15. The van der Waals surface area contributed by atoms with Gasteiger partial charge >= 0.3 is 0 Å². The highest BCUT2D eigenvalue weighted by Crippen LogP contribution is 2.29. The molecule has 0 saturated heterocycles. The molecule has 0 saturated carbocycles. The first-order valence-electron chi connectivity index (χ1n) is 6.04. The molecule has 0 aromatic heterocycles. The van der Waals surface area contributed by atoms with Crippen LogP contribution in [0.3, 0.4) is 0 Å². The molecule has 0 aliphatic carbocycles. The molecular weight excluding hydrogens is 316 g/mol. The number of nitrogens with zero attached hydrogens (tertiary/aromatic N) is 1. The number of halogens is 3. The Labute approximate surface area is 120 Å². The zero-order chi connectivity index (χ0) is 14.5. The molecule has 0 fully saturated rings. The molecule has 0 radical (unpaired) electrons. The van der Waals surface area contributed by atoms with Crippen molar-refractivity contribution >= 4 is 15.9 Å². The van der Waals surface area contributed by atoms with Crippen LogP contribution in [0.2, 0.25) is 0 Å². The second-order valence-electron chi connectivity index (χ2n) is 5.00. The minimum atomic E-state index is -0.718. The first-order chi connectivity index (χ1) is 8.85. The van der Waals surface area contributed by atoms with Gasteiger partial charge in [-0.1, -0.05) is 0 Å². The second kappa shape index (κ2) is 6.85. The van der Waals surface area contributed by atoms with Gasteiger partial charge in [0, 0.05) is 6.07 Å². The SMILES string of the molecule is CC(C)(C#N)CCCCOc1c(F)cc(F)cc1Br. The quantitative estimate of drug-likeness (QED) is 0.699. The van der Waals surface area contributed by atoms with Crippen LogP contribution in [0, 0.1) is 28.4 Å². The van der Waals surface area contributed by atoms with Crippen LogP contribution in [0.15, 0.2) is 16.6 Å². The van der Waals surface area contributed by atoms with Gasteiger partial charge in [-0.2, -0.15) is 5.26 Å². The highest BCUT2D eigenvalue weighted by molar-refractivity contribution is 9.10. The van der Waals surface area contributed by atoms with Gasteiger partial charge in [-0.3, -0.25) is 0 Å². The van der Waals surface area contributed by atoms with Gasteiger partial charge in [-0.15, -0.1) is 0 Å². The van der Waals surface area contributed by atoms with Crippen molar-refractivity contribution in [1.82, 2.24) is 0 Å². The minimum absolute atomic E-state index is 0.0287. The van der Waals surface area contributed by atoms with Crippen molar-refractivity contribution in [1.29, 1.82) is 5.26 Å². The van der Waals surface area contributed by atoms with Crippen molar-refractivity contribution in [3.63, 3.8) is 0 Å². The smallest absolute Gasteiger partial charge is 0.169 e. The van der Waals surface area contributed by atoms with Crippen molar-refractivity contribution in [2.45, 2.75) is 33.1 Å². The number of unbranched alkanes of at least 4 members (excludes halogenated alkanes) is 1. The molecule has 19 heavy (non-hydrogen) atoms. The van der Waals surface area contributed by atoms with Gasteiger partial charge in [0.25, 0.3) is 0 Å². The Balaban J connectivity index is 2.41. The average molecular weight is 332 g/mol. The molecule has 0 spiro atoms. The van der Waals surface area contributed by atoms with Crippen LogP contribution in [0.4, 0.5) is 8.78 Å². The van der Waals surface area contributed by atoms with Gasteiger partial charge < -0.3 is 4.74 Å². The third-order valence-corrected chi connectivity index (χ3v) is 3.30. The maximum atomic E-state index is 13.4. The molecule has 0 bridgehead atoms. The van der Waals surface area contributed by atoms with E-state index in [0.717, 1.165) is 25.0 Å². The summed E-state index contributed by atoms with van der Waals surface area (Å²) >= 11 is 3.06. The topological polar surface area (TPSA) is 33.0 Å². The summed E-state index contributed by atoms with van der Waals surface area (Å²) in [4.78, 5) is 0. The standard InChI is InChI=1S/C14H16BrF2NO/c1-14(2,9-18)5-3-4-6-19-13-11(15)7-10(16)8-12(13)17/h7-8H,3-6H2,1-2H3. The van der Waals surface area contributed by atoms with Crippen molar-refractivity contribution in [3.05, 3.63) is 28.2 Å². The summed E-state index contributed by atoms with van der Waals surface area (Å²) in [7, 11) is 0. The summed E-state index contributed by atoms with van der Waals surface area (Å²) in [5.74, 6) is -1.34. The van der Waals surface area contributed by atoms with Gasteiger partial charge in [0.1, 0.15) is 5.82 Å². The average Bonchev–Trinajstić information content (AvgIpc) is 2.31. The van der Waals surface area contributed by atoms with Gasteiger partial charge in [0.15, 0.2) is 11.6 Å². The van der Waals surface area contributed by atoms with E-state index in [-0.39, 0.29) is 15.6 Å². The maximum Gasteiger partial charge on any atom is 0.169 e. The molecule has 0 unspecified atom stereocenters. The summed E-state index contributed by atoms with van der Waals surface area (Å²) < 4.78 is 31.9. The van der Waals surface area contributed by atoms with Crippen LogP contribution >= 0.6 is 15.9 Å². The lowest BCUT2D eigenvalue weighted by atomic mass is 9.89. The molecule has 1 rings (SSSR count). The van der Waals surface area contributed by atoms with Crippen molar-refractivity contribution in [2.24, 2.45) is 5.41 Å². The van der Waals surface area contributed by atoms with Crippen LogP contribution in [-0.4, -0.2) is 6.61 Å². The lowest BCUT2D eigenvalue weighted by molar-refractivity contribution is 0.280. The fourth-order valence-electron chi connectivity index (χ4n) is 1.57. The molecule has 1 aromatic carbocycles. The van der Waals surface area contributed by atoms with Gasteiger partial charge in [-0.05, 0) is 55.1 Å². The highest BCUT2D eigenvalue weighted by Gasteiger charge is 2.16. The van der Waals surface area contributed by atoms with Crippen molar-refractivity contribution < 1.29 is 13.5 Å². The van der Waals surface area contributed by atoms with Crippen LogP contribution in [0.1, 0.15) is 33.1 Å². The monoisotopic (exact) mass is 331 g/mol. The Morgan fingerprint density at radius 2 is 2.00 bits per heavy atom. The summed E-state index contributed by atoms with van der Waals surface area (Å²) in [6.07, 6.45) is 2.30. The lowest BCUT2D eigenvalue weighted by Gasteiger charge is -2.14. The number of hydrogen-bond donors (Lipinski definition) is 0. The summed E-state index contributed by atoms with van der Waals surface area (Å²) in [5, 5.41) is 8.85. The number of benzene rings is 1. The summed E-state index contributed by atoms with van der Waals surface area (Å²) in [5.41, 5.74) is -0.346. The zero-order valence-electron chi connectivity index (χ0n) is 11.0. The normalized spacial score (nSPS) is 11.2. The number of ether oxygens (including phenoxy) is 1. The van der Waals surface area contributed by atoms with E-state index in [9.17, 15) is 8.78 Å². The molecule has 0 N–H and O–H groups in total. The fraction of sp³-hybridized carbons (Fsp3) is 0.500. The van der Waals surface area contributed by atoms with E-state index >= 15 is 0 Å². The van der Waals surface area contributed by atoms with Crippen LogP contribution in [0.5, 0.6) is 5.75 Å². The molecule has 104 valence electrons. The first-order valence-corrected chi connectivity index (χ1v) is 6.83. The van der Waals surface area contributed by atoms with E-state index in [2.05, 4.69) is 22.0 Å². The Kier molecular flexibility index (Phi) is 5.74. The summed E-state index contributed by atoms with van der Waals surface area (Å²) in [6.45, 7) is 4.09. The van der Waals surface area contributed by atoms with Gasteiger partial charge in [0.2, 0.25) is 0 Å². The van der Waals surface area contributed by atoms with E-state index in [0.29, 0.717) is 13.0 Å². The highest BCUT2D eigenvalue weighted by atomic mass is 79.9. The predicted molar refractivity (Wildman–Crippen MR) is 72.8 cm³/mol. The number of rotatable bonds is 6. The van der Waals surface area contributed by atoms with E-state index in [1.165, 1.54) is 0 Å². The molecule has 0 atom stereocenters. The van der Waals surface area contributed by atoms with Crippen LogP contribution in [-0.2, 0) is 0 Å².